The Hall–Kier alpha value is -3.48. The van der Waals surface area contributed by atoms with Crippen LogP contribution in [0.25, 0.3) is 0 Å². The summed E-state index contributed by atoms with van der Waals surface area (Å²) >= 11 is 0. The summed E-state index contributed by atoms with van der Waals surface area (Å²) in [6.07, 6.45) is 4.48. The summed E-state index contributed by atoms with van der Waals surface area (Å²) in [5.74, 6) is -0.673. The normalized spacial score (nSPS) is 22.5. The number of anilines is 1. The first-order valence-corrected chi connectivity index (χ1v) is 11.1. The van der Waals surface area contributed by atoms with E-state index in [4.69, 9.17) is 0 Å². The number of Topliss-reactive ketones (excluding diaryl/α,β-unsaturated/α-hetero) is 1. The predicted octanol–water partition coefficient (Wildman–Crippen LogP) is 2.95. The lowest BCUT2D eigenvalue weighted by Crippen LogP contribution is -2.41. The van der Waals surface area contributed by atoms with Gasteiger partial charge in [0, 0.05) is 24.2 Å². The zero-order valence-corrected chi connectivity index (χ0v) is 18.0. The number of nitrogens with zero attached hydrogens (tertiary/aromatic N) is 2. The maximum Gasteiger partial charge on any atom is 0.325 e. The van der Waals surface area contributed by atoms with Gasteiger partial charge >= 0.3 is 6.03 Å². The van der Waals surface area contributed by atoms with Gasteiger partial charge in [0.1, 0.15) is 5.54 Å². The molecule has 4 amide bonds. The van der Waals surface area contributed by atoms with Gasteiger partial charge in [0.2, 0.25) is 5.91 Å². The van der Waals surface area contributed by atoms with Crippen LogP contribution in [0.15, 0.2) is 42.5 Å². The minimum atomic E-state index is -1.19. The van der Waals surface area contributed by atoms with Crippen LogP contribution in [0, 0.1) is 0 Å². The number of benzene rings is 2. The van der Waals surface area contributed by atoms with Crippen LogP contribution in [-0.2, 0) is 28.0 Å². The van der Waals surface area contributed by atoms with Crippen molar-refractivity contribution in [1.29, 1.82) is 0 Å². The highest BCUT2D eigenvalue weighted by atomic mass is 16.2. The van der Waals surface area contributed by atoms with E-state index in [1.807, 2.05) is 18.2 Å². The fourth-order valence-electron chi connectivity index (χ4n) is 4.90. The quantitative estimate of drug-likeness (QED) is 0.583. The first kappa shape index (κ1) is 20.4. The first-order valence-electron chi connectivity index (χ1n) is 11.1. The van der Waals surface area contributed by atoms with Crippen LogP contribution in [0.3, 0.4) is 0 Å². The molecule has 32 heavy (non-hydrogen) atoms. The number of amides is 4. The van der Waals surface area contributed by atoms with Crippen LogP contribution in [0.1, 0.15) is 53.2 Å². The molecule has 0 bridgehead atoms. The maximum absolute atomic E-state index is 13.2. The molecule has 1 atom stereocenters. The van der Waals surface area contributed by atoms with E-state index in [1.54, 1.807) is 36.1 Å². The van der Waals surface area contributed by atoms with Crippen molar-refractivity contribution in [3.05, 3.63) is 64.7 Å². The lowest BCUT2D eigenvalue weighted by Gasteiger charge is -2.23. The Bertz CT molecular complexity index is 1140. The summed E-state index contributed by atoms with van der Waals surface area (Å²) in [5, 5.41) is 2.79. The third-order valence-corrected chi connectivity index (χ3v) is 6.83. The summed E-state index contributed by atoms with van der Waals surface area (Å²) in [6.45, 7) is 2.04. The molecule has 7 nitrogen and oxygen atoms in total. The maximum atomic E-state index is 13.2. The van der Waals surface area contributed by atoms with Gasteiger partial charge in [-0.15, -0.1) is 0 Å². The summed E-state index contributed by atoms with van der Waals surface area (Å²) in [4.78, 5) is 53.3. The molecule has 1 N–H and O–H groups in total. The average molecular weight is 431 g/mol. The SMILES string of the molecule is CC1(c2ccc3c(c2)CCC3)NC(=O)N(CC(=O)c2ccc(N3CCCC3=O)cc2)C1=O. The van der Waals surface area contributed by atoms with Crippen molar-refractivity contribution in [3.63, 3.8) is 0 Å². The highest BCUT2D eigenvalue weighted by molar-refractivity contribution is 6.11. The molecule has 2 aromatic carbocycles. The third kappa shape index (κ3) is 3.28. The van der Waals surface area contributed by atoms with E-state index >= 15 is 0 Å². The minimum Gasteiger partial charge on any atom is -0.319 e. The summed E-state index contributed by atoms with van der Waals surface area (Å²) < 4.78 is 0. The molecular formula is C25H25N3O4. The Morgan fingerprint density at radius 2 is 1.72 bits per heavy atom. The van der Waals surface area contributed by atoms with Gasteiger partial charge in [-0.2, -0.15) is 0 Å². The molecule has 5 rings (SSSR count). The number of hydrogen-bond acceptors (Lipinski definition) is 4. The van der Waals surface area contributed by atoms with Gasteiger partial charge in [-0.1, -0.05) is 18.2 Å². The smallest absolute Gasteiger partial charge is 0.319 e. The average Bonchev–Trinajstić information content (AvgIpc) is 3.49. The zero-order valence-electron chi connectivity index (χ0n) is 18.0. The van der Waals surface area contributed by atoms with E-state index in [0.717, 1.165) is 41.8 Å². The van der Waals surface area contributed by atoms with E-state index in [1.165, 1.54) is 11.1 Å². The molecule has 2 heterocycles. The summed E-state index contributed by atoms with van der Waals surface area (Å²) in [7, 11) is 0. The van der Waals surface area contributed by atoms with E-state index < -0.39 is 17.5 Å². The van der Waals surface area contributed by atoms with Gasteiger partial charge in [-0.05, 0) is 73.6 Å². The number of nitrogens with one attached hydrogen (secondary N) is 1. The van der Waals surface area contributed by atoms with E-state index in [-0.39, 0.29) is 18.2 Å². The van der Waals surface area contributed by atoms with Crippen LogP contribution >= 0.6 is 0 Å². The molecule has 1 unspecified atom stereocenters. The summed E-state index contributed by atoms with van der Waals surface area (Å²) in [5.41, 5.74) is 3.22. The number of carbonyl (C=O) groups is 4. The highest BCUT2D eigenvalue weighted by Gasteiger charge is 2.49. The van der Waals surface area contributed by atoms with Crippen molar-refractivity contribution < 1.29 is 19.2 Å². The van der Waals surface area contributed by atoms with Gasteiger partial charge in [0.05, 0.1) is 6.54 Å². The number of carbonyl (C=O) groups excluding carboxylic acids is 4. The molecule has 164 valence electrons. The molecule has 0 aromatic heterocycles. The number of ketones is 1. The Morgan fingerprint density at radius 3 is 2.44 bits per heavy atom. The molecular weight excluding hydrogens is 406 g/mol. The molecule has 1 aliphatic carbocycles. The Kier molecular flexibility index (Phi) is 4.84. The van der Waals surface area contributed by atoms with Gasteiger partial charge in [0.25, 0.3) is 5.91 Å². The molecule has 0 spiro atoms. The van der Waals surface area contributed by atoms with Crippen molar-refractivity contribution in [2.75, 3.05) is 18.0 Å². The second-order valence-electron chi connectivity index (χ2n) is 8.90. The van der Waals surface area contributed by atoms with Crippen molar-refractivity contribution in [3.8, 4) is 0 Å². The number of rotatable bonds is 5. The van der Waals surface area contributed by atoms with Crippen LogP contribution < -0.4 is 10.2 Å². The Labute approximate surface area is 186 Å². The number of urea groups is 1. The fourth-order valence-corrected chi connectivity index (χ4v) is 4.90. The van der Waals surface area contributed by atoms with E-state index in [2.05, 4.69) is 5.32 Å². The second kappa shape index (κ2) is 7.58. The van der Waals surface area contributed by atoms with Crippen LogP contribution in [0.2, 0.25) is 0 Å². The standard InChI is InChI=1S/C25H25N3O4/c1-25(19-10-7-16-4-2-5-18(16)14-19)23(31)28(24(32)26-25)15-21(29)17-8-11-20(12-9-17)27-13-3-6-22(27)30/h7-12,14H,2-6,13,15H2,1H3,(H,26,32). The van der Waals surface area contributed by atoms with Crippen molar-refractivity contribution >= 4 is 29.3 Å². The lowest BCUT2D eigenvalue weighted by molar-refractivity contribution is -0.130. The van der Waals surface area contributed by atoms with E-state index in [9.17, 15) is 19.2 Å². The van der Waals surface area contributed by atoms with Crippen LogP contribution in [0.5, 0.6) is 0 Å². The number of fused-ring (bicyclic) bond motifs is 1. The molecule has 3 aliphatic rings. The zero-order chi connectivity index (χ0) is 22.5. The Morgan fingerprint density at radius 1 is 0.969 bits per heavy atom. The van der Waals surface area contributed by atoms with Crippen LogP contribution in [0.4, 0.5) is 10.5 Å². The lowest BCUT2D eigenvalue weighted by atomic mass is 9.89. The minimum absolute atomic E-state index is 0.0780. The van der Waals surface area contributed by atoms with Crippen molar-refractivity contribution in [1.82, 2.24) is 10.2 Å². The molecule has 2 fully saturated rings. The number of aryl methyl sites for hydroxylation is 2. The molecule has 0 radical (unpaired) electrons. The van der Waals surface area contributed by atoms with Gasteiger partial charge in [0.15, 0.2) is 5.78 Å². The number of imide groups is 1. The third-order valence-electron chi connectivity index (χ3n) is 6.83. The molecule has 7 heteroatoms. The fraction of sp³-hybridized carbons (Fsp3) is 0.360. The highest BCUT2D eigenvalue weighted by Crippen LogP contribution is 2.32. The van der Waals surface area contributed by atoms with Crippen molar-refractivity contribution in [2.45, 2.75) is 44.6 Å². The first-order chi connectivity index (χ1) is 15.4. The van der Waals surface area contributed by atoms with Gasteiger partial charge < -0.3 is 10.2 Å². The van der Waals surface area contributed by atoms with Crippen LogP contribution in [-0.4, -0.2) is 41.6 Å². The predicted molar refractivity (Wildman–Crippen MR) is 118 cm³/mol. The second-order valence-corrected chi connectivity index (χ2v) is 8.90. The topological polar surface area (TPSA) is 86.8 Å². The number of hydrogen-bond donors (Lipinski definition) is 1. The Balaban J connectivity index is 1.32. The molecule has 0 saturated carbocycles. The van der Waals surface area contributed by atoms with Gasteiger partial charge in [-0.3, -0.25) is 19.3 Å². The van der Waals surface area contributed by atoms with Crippen molar-refractivity contribution in [2.24, 2.45) is 0 Å². The monoisotopic (exact) mass is 431 g/mol. The summed E-state index contributed by atoms with van der Waals surface area (Å²) in [6, 6.07) is 12.1. The largest absolute Gasteiger partial charge is 0.325 e. The van der Waals surface area contributed by atoms with Gasteiger partial charge in [-0.25, -0.2) is 4.79 Å². The molecule has 2 saturated heterocycles. The molecule has 2 aromatic rings. The van der Waals surface area contributed by atoms with E-state index in [0.29, 0.717) is 18.5 Å². The molecule has 2 aliphatic heterocycles.